The summed E-state index contributed by atoms with van der Waals surface area (Å²) in [6, 6.07) is 0.430. The standard InChI is InChI=1S/C19H22N10O5S3/c1-2-34-27-11(8-6-36-18(22)24-8)14(30)26-12-15(31)28-13(17(32)33)7(4-35-16(12)28)5-37-19-25-9(20)3-10(21)29(19)23/h3,6,12,16H,2,4-5,23H2,1H3,(H7,20,21,22,24,26,30,32,33)/p+1/b27-11-. The van der Waals surface area contributed by atoms with Crippen molar-refractivity contribution in [1.82, 2.24) is 20.2 Å². The normalized spacial score (nSPS) is 19.3. The van der Waals surface area contributed by atoms with Crippen molar-refractivity contribution >= 4 is 75.1 Å². The van der Waals surface area contributed by atoms with E-state index in [0.717, 1.165) is 32.7 Å². The van der Waals surface area contributed by atoms with Gasteiger partial charge in [0.2, 0.25) is 11.6 Å². The van der Waals surface area contributed by atoms with Gasteiger partial charge in [-0.2, -0.15) is 0 Å². The molecule has 37 heavy (non-hydrogen) atoms. The lowest BCUT2D eigenvalue weighted by Gasteiger charge is -2.49. The Balaban J connectivity index is 1.51. The molecule has 2 unspecified atom stereocenters. The molecule has 2 aliphatic rings. The van der Waals surface area contributed by atoms with Crippen LogP contribution in [-0.2, 0) is 19.2 Å². The van der Waals surface area contributed by atoms with Gasteiger partial charge in [-0.1, -0.05) is 10.1 Å². The summed E-state index contributed by atoms with van der Waals surface area (Å²) in [5.74, 6) is 4.17. The van der Waals surface area contributed by atoms with Gasteiger partial charge in [-0.05, 0) is 24.3 Å². The number of anilines is 3. The van der Waals surface area contributed by atoms with Crippen LogP contribution in [0.4, 0.5) is 16.8 Å². The summed E-state index contributed by atoms with van der Waals surface area (Å²) in [5, 5.41) is 17.8. The molecule has 0 aromatic carbocycles. The van der Waals surface area contributed by atoms with Gasteiger partial charge in [-0.15, -0.1) is 27.8 Å². The van der Waals surface area contributed by atoms with Gasteiger partial charge in [-0.3, -0.25) is 20.3 Å². The van der Waals surface area contributed by atoms with Crippen molar-refractivity contribution in [2.45, 2.75) is 23.5 Å². The second-order valence-electron chi connectivity index (χ2n) is 7.59. The molecule has 196 valence electrons. The molecular weight excluding hydrogens is 544 g/mol. The highest BCUT2D eigenvalue weighted by atomic mass is 32.2. The van der Waals surface area contributed by atoms with Crippen LogP contribution in [0.5, 0.6) is 0 Å². The number of thioether (sulfide) groups is 2. The fraction of sp³-hybridized carbons (Fsp3) is 0.316. The van der Waals surface area contributed by atoms with Crippen LogP contribution in [-0.4, -0.2) is 73.0 Å². The van der Waals surface area contributed by atoms with E-state index in [1.165, 1.54) is 17.8 Å². The van der Waals surface area contributed by atoms with Crippen LogP contribution in [0.3, 0.4) is 0 Å². The minimum atomic E-state index is -1.27. The van der Waals surface area contributed by atoms with Crippen molar-refractivity contribution in [3.05, 3.63) is 28.4 Å². The molecule has 0 bridgehead atoms. The van der Waals surface area contributed by atoms with Crippen LogP contribution in [0.1, 0.15) is 12.6 Å². The maximum absolute atomic E-state index is 13.0. The van der Waals surface area contributed by atoms with E-state index >= 15 is 0 Å². The maximum atomic E-state index is 13.0. The quantitative estimate of drug-likeness (QED) is 0.0387. The number of aliphatic carboxylic acids is 1. The van der Waals surface area contributed by atoms with Crippen molar-refractivity contribution in [3.8, 4) is 0 Å². The number of nitrogens with two attached hydrogens (primary N) is 4. The number of amides is 2. The number of fused-ring (bicyclic) bond motifs is 1. The highest BCUT2D eigenvalue weighted by molar-refractivity contribution is 8.01. The zero-order valence-corrected chi connectivity index (χ0v) is 21.7. The average Bonchev–Trinajstić information content (AvgIpc) is 3.28. The average molecular weight is 568 g/mol. The van der Waals surface area contributed by atoms with E-state index < -0.39 is 29.2 Å². The second kappa shape index (κ2) is 10.7. The Morgan fingerprint density at radius 2 is 2.14 bits per heavy atom. The largest absolute Gasteiger partial charge is 0.477 e. The van der Waals surface area contributed by atoms with Crippen LogP contribution in [0, 0.1) is 0 Å². The molecule has 4 heterocycles. The van der Waals surface area contributed by atoms with Crippen molar-refractivity contribution in [1.29, 1.82) is 0 Å². The third-order valence-corrected chi connectivity index (χ3v) is 8.23. The number of hydrogen-bond donors (Lipinski definition) is 6. The van der Waals surface area contributed by atoms with Gasteiger partial charge in [-0.25, -0.2) is 9.78 Å². The number of carbonyl (C=O) groups excluding carboxylic acids is 2. The number of nitrogen functional groups attached to an aromatic ring is 4. The SMILES string of the molecule is CCO/N=C(\C(=O)NC1C(=O)N2C(C(=O)O)=C(CSc3nc(N)cc(N)[n+]3N)CSC12)c1csc(N)n1. The van der Waals surface area contributed by atoms with Crippen molar-refractivity contribution in [2.75, 3.05) is 41.2 Å². The summed E-state index contributed by atoms with van der Waals surface area (Å²) in [6.07, 6.45) is 0. The summed E-state index contributed by atoms with van der Waals surface area (Å²) in [7, 11) is 0. The number of oxime groups is 1. The third kappa shape index (κ3) is 5.20. The lowest BCUT2D eigenvalue weighted by molar-refractivity contribution is -0.667. The molecule has 0 spiro atoms. The number of rotatable bonds is 9. The Morgan fingerprint density at radius 1 is 1.38 bits per heavy atom. The molecular formula is C19H23N10O5S3+. The van der Waals surface area contributed by atoms with Gasteiger partial charge in [0.25, 0.3) is 11.8 Å². The minimum Gasteiger partial charge on any atom is -0.477 e. The van der Waals surface area contributed by atoms with E-state index in [2.05, 4.69) is 20.4 Å². The maximum Gasteiger partial charge on any atom is 0.352 e. The molecule has 2 aromatic heterocycles. The third-order valence-electron chi connectivity index (χ3n) is 5.18. The van der Waals surface area contributed by atoms with E-state index in [1.807, 2.05) is 0 Å². The lowest BCUT2D eigenvalue weighted by Crippen LogP contribution is -2.71. The molecule has 18 heteroatoms. The minimum absolute atomic E-state index is 0.142. The number of hydrogen-bond acceptors (Lipinski definition) is 14. The number of aromatic nitrogens is 3. The van der Waals surface area contributed by atoms with Crippen LogP contribution < -0.4 is 33.0 Å². The molecule has 2 aromatic rings. The zero-order chi connectivity index (χ0) is 26.9. The number of thiazole rings is 1. The first kappa shape index (κ1) is 26.3. The van der Waals surface area contributed by atoms with Gasteiger partial charge in [0, 0.05) is 16.9 Å². The van der Waals surface area contributed by atoms with E-state index in [4.69, 9.17) is 27.9 Å². The Morgan fingerprint density at radius 3 is 2.78 bits per heavy atom. The van der Waals surface area contributed by atoms with Crippen LogP contribution in [0.25, 0.3) is 0 Å². The molecule has 1 saturated heterocycles. The number of carbonyl (C=O) groups is 3. The number of β-lactam (4-membered cyclic amide) rings is 1. The van der Waals surface area contributed by atoms with Gasteiger partial charge < -0.3 is 32.5 Å². The molecule has 2 atom stereocenters. The van der Waals surface area contributed by atoms with Gasteiger partial charge in [0.15, 0.2) is 10.8 Å². The second-order valence-corrected chi connectivity index (χ2v) is 10.5. The summed E-state index contributed by atoms with van der Waals surface area (Å²) < 4.78 is 1.14. The molecule has 0 radical (unpaired) electrons. The molecule has 0 aliphatic carbocycles. The molecule has 4 rings (SSSR count). The predicted octanol–water partition coefficient (Wildman–Crippen LogP) is -1.44. The first-order valence-corrected chi connectivity index (χ1v) is 13.5. The fourth-order valence-corrected chi connectivity index (χ4v) is 6.50. The van der Waals surface area contributed by atoms with Gasteiger partial charge >= 0.3 is 11.1 Å². The number of nitrogens with one attached hydrogen (secondary N) is 1. The molecule has 2 amide bonds. The number of carboxylic acid groups (broad SMARTS) is 1. The Hall–Kier alpha value is -3.77. The van der Waals surface area contributed by atoms with Gasteiger partial charge in [0.05, 0.1) is 6.07 Å². The van der Waals surface area contributed by atoms with E-state index in [0.29, 0.717) is 11.3 Å². The molecule has 15 nitrogen and oxygen atoms in total. The Kier molecular flexibility index (Phi) is 7.60. The van der Waals surface area contributed by atoms with E-state index in [1.54, 1.807) is 12.3 Å². The zero-order valence-electron chi connectivity index (χ0n) is 19.3. The van der Waals surface area contributed by atoms with Crippen LogP contribution in [0.2, 0.25) is 0 Å². The summed E-state index contributed by atoms with van der Waals surface area (Å²) in [5.41, 5.74) is 17.6. The predicted molar refractivity (Wildman–Crippen MR) is 139 cm³/mol. The van der Waals surface area contributed by atoms with Crippen LogP contribution in [0.15, 0.2) is 33.0 Å². The highest BCUT2D eigenvalue weighted by Gasteiger charge is 2.54. The van der Waals surface area contributed by atoms with E-state index in [-0.39, 0.29) is 51.4 Å². The van der Waals surface area contributed by atoms with E-state index in [9.17, 15) is 19.5 Å². The summed E-state index contributed by atoms with van der Waals surface area (Å²) >= 11 is 3.57. The topological polar surface area (TPSA) is 242 Å². The van der Waals surface area contributed by atoms with Crippen molar-refractivity contribution in [2.24, 2.45) is 5.16 Å². The van der Waals surface area contributed by atoms with Crippen LogP contribution >= 0.6 is 34.9 Å². The fourth-order valence-electron chi connectivity index (χ4n) is 3.52. The molecule has 1 fully saturated rings. The highest BCUT2D eigenvalue weighted by Crippen LogP contribution is 2.41. The summed E-state index contributed by atoms with van der Waals surface area (Å²) in [4.78, 5) is 52.5. The van der Waals surface area contributed by atoms with Crippen molar-refractivity contribution in [3.63, 3.8) is 0 Å². The first-order chi connectivity index (χ1) is 17.6. The number of carboxylic acids is 1. The Labute approximate surface area is 222 Å². The smallest absolute Gasteiger partial charge is 0.352 e. The molecule has 10 N–H and O–H groups in total. The lowest BCUT2D eigenvalue weighted by atomic mass is 10.0. The molecule has 2 aliphatic heterocycles. The Bertz CT molecular complexity index is 1330. The summed E-state index contributed by atoms with van der Waals surface area (Å²) in [6.45, 7) is 1.90. The molecule has 0 saturated carbocycles. The number of nitrogens with zero attached hydrogens (tertiary/aromatic N) is 5. The monoisotopic (exact) mass is 567 g/mol. The first-order valence-electron chi connectivity index (χ1n) is 10.6. The van der Waals surface area contributed by atoms with Crippen molar-refractivity contribution < 1.29 is 29.0 Å². The van der Waals surface area contributed by atoms with Gasteiger partial charge in [0.1, 0.15) is 29.4 Å².